The molecule has 2 aliphatic heterocycles. The fraction of sp³-hybridized carbons (Fsp3) is 1.00. The Morgan fingerprint density at radius 3 is 2.89 bits per heavy atom. The van der Waals surface area contributed by atoms with Crippen molar-refractivity contribution in [1.82, 2.24) is 4.90 Å². The van der Waals surface area contributed by atoms with Crippen LogP contribution in [0.25, 0.3) is 0 Å². The zero-order valence-corrected chi connectivity index (χ0v) is 13.1. The Balaban J connectivity index is 2.17. The summed E-state index contributed by atoms with van der Waals surface area (Å²) in [6.07, 6.45) is 0.990. The van der Waals surface area contributed by atoms with E-state index in [0.29, 0.717) is 24.8 Å². The number of nitrogens with zero attached hydrogens (tertiary/aromatic N) is 1. The van der Waals surface area contributed by atoms with E-state index in [-0.39, 0.29) is 17.2 Å². The van der Waals surface area contributed by atoms with Gasteiger partial charge in [-0.3, -0.25) is 4.90 Å². The number of hydrogen-bond donors (Lipinski definition) is 1. The van der Waals surface area contributed by atoms with E-state index in [0.717, 1.165) is 25.3 Å². The van der Waals surface area contributed by atoms with E-state index >= 15 is 0 Å². The quantitative estimate of drug-likeness (QED) is 0.780. The summed E-state index contributed by atoms with van der Waals surface area (Å²) in [6.45, 7) is 4.53. The first-order chi connectivity index (χ1) is 9.10. The van der Waals surface area contributed by atoms with E-state index in [1.807, 2.05) is 0 Å². The third-order valence-electron chi connectivity index (χ3n) is 4.12. The molecule has 0 aromatic rings. The second-order valence-corrected chi connectivity index (χ2v) is 8.74. The van der Waals surface area contributed by atoms with Crippen molar-refractivity contribution >= 4 is 21.6 Å². The van der Waals surface area contributed by atoms with Gasteiger partial charge in [0.2, 0.25) is 0 Å². The van der Waals surface area contributed by atoms with Gasteiger partial charge >= 0.3 is 0 Å². The van der Waals surface area contributed by atoms with Crippen LogP contribution < -0.4 is 5.73 Å². The molecule has 2 heterocycles. The first-order valence-corrected chi connectivity index (χ1v) is 9.80. The zero-order valence-electron chi connectivity index (χ0n) is 11.5. The minimum Gasteiger partial charge on any atom is -0.381 e. The molecule has 0 aliphatic carbocycles. The highest BCUT2D eigenvalue weighted by atomic mass is 32.2. The molecule has 0 saturated carbocycles. The fourth-order valence-corrected chi connectivity index (χ4v) is 6.01. The van der Waals surface area contributed by atoms with Gasteiger partial charge in [-0.1, -0.05) is 6.92 Å². The Hall–Kier alpha value is 0.180. The smallest absolute Gasteiger partial charge is 0.166 e. The van der Waals surface area contributed by atoms with Gasteiger partial charge in [0.25, 0.3) is 0 Å². The predicted octanol–water partition coefficient (Wildman–Crippen LogP) is 0.160. The highest BCUT2D eigenvalue weighted by molar-refractivity contribution is 8.01. The summed E-state index contributed by atoms with van der Waals surface area (Å²) < 4.78 is 30.0. The third kappa shape index (κ3) is 3.44. The summed E-state index contributed by atoms with van der Waals surface area (Å²) in [5.74, 6) is 2.23. The van der Waals surface area contributed by atoms with Gasteiger partial charge in [0.05, 0.1) is 6.61 Å². The SMILES string of the molecule is CCS(=O)(=O)C1CSCCN1C(CN)C1CCOC1. The first-order valence-electron chi connectivity index (χ1n) is 6.93. The minimum absolute atomic E-state index is 0.134. The third-order valence-corrected chi connectivity index (χ3v) is 7.42. The van der Waals surface area contributed by atoms with E-state index < -0.39 is 9.84 Å². The molecule has 2 N–H and O–H groups in total. The maximum atomic E-state index is 12.3. The number of ether oxygens (including phenoxy) is 1. The van der Waals surface area contributed by atoms with Crippen LogP contribution >= 0.6 is 11.8 Å². The number of rotatable bonds is 5. The number of nitrogens with two attached hydrogens (primary N) is 1. The van der Waals surface area contributed by atoms with Crippen LogP contribution in [0.3, 0.4) is 0 Å². The molecule has 112 valence electrons. The van der Waals surface area contributed by atoms with Crippen LogP contribution in [-0.4, -0.2) is 68.3 Å². The van der Waals surface area contributed by atoms with E-state index in [1.54, 1.807) is 18.7 Å². The average Bonchev–Trinajstić information content (AvgIpc) is 2.94. The molecule has 0 amide bonds. The predicted molar refractivity (Wildman–Crippen MR) is 79.0 cm³/mol. The highest BCUT2D eigenvalue weighted by Gasteiger charge is 2.39. The number of thioether (sulfide) groups is 1. The molecule has 19 heavy (non-hydrogen) atoms. The topological polar surface area (TPSA) is 72.6 Å². The van der Waals surface area contributed by atoms with Crippen molar-refractivity contribution in [3.63, 3.8) is 0 Å². The van der Waals surface area contributed by atoms with Crippen molar-refractivity contribution in [2.24, 2.45) is 11.7 Å². The van der Waals surface area contributed by atoms with Gasteiger partial charge in [0, 0.05) is 48.9 Å². The molecule has 2 aliphatic rings. The molecule has 0 spiro atoms. The van der Waals surface area contributed by atoms with Crippen molar-refractivity contribution in [2.45, 2.75) is 24.8 Å². The van der Waals surface area contributed by atoms with Crippen molar-refractivity contribution < 1.29 is 13.2 Å². The second-order valence-electron chi connectivity index (χ2n) is 5.15. The lowest BCUT2D eigenvalue weighted by molar-refractivity contribution is 0.119. The van der Waals surface area contributed by atoms with Gasteiger partial charge in [-0.25, -0.2) is 8.42 Å². The molecule has 0 aromatic carbocycles. The molecular weight excluding hydrogens is 284 g/mol. The molecule has 7 heteroatoms. The van der Waals surface area contributed by atoms with Crippen LogP contribution in [0.15, 0.2) is 0 Å². The monoisotopic (exact) mass is 308 g/mol. The molecule has 0 aromatic heterocycles. The van der Waals surface area contributed by atoms with E-state index in [1.165, 1.54) is 0 Å². The van der Waals surface area contributed by atoms with Crippen molar-refractivity contribution in [2.75, 3.05) is 43.6 Å². The molecule has 2 saturated heterocycles. The van der Waals surface area contributed by atoms with Crippen LogP contribution in [0.1, 0.15) is 13.3 Å². The summed E-state index contributed by atoms with van der Waals surface area (Å²) in [7, 11) is -3.05. The Morgan fingerprint density at radius 2 is 2.32 bits per heavy atom. The molecule has 3 unspecified atom stereocenters. The number of hydrogen-bond acceptors (Lipinski definition) is 6. The van der Waals surface area contributed by atoms with Crippen molar-refractivity contribution in [3.05, 3.63) is 0 Å². The molecule has 2 fully saturated rings. The van der Waals surface area contributed by atoms with Crippen molar-refractivity contribution in [1.29, 1.82) is 0 Å². The summed E-state index contributed by atoms with van der Waals surface area (Å²) in [6, 6.07) is 0.134. The Morgan fingerprint density at radius 1 is 1.53 bits per heavy atom. The summed E-state index contributed by atoms with van der Waals surface area (Å²) in [5.41, 5.74) is 5.93. The van der Waals surface area contributed by atoms with Crippen LogP contribution in [0.5, 0.6) is 0 Å². The van der Waals surface area contributed by atoms with E-state index in [9.17, 15) is 8.42 Å². The van der Waals surface area contributed by atoms with Gasteiger partial charge in [-0.2, -0.15) is 11.8 Å². The lowest BCUT2D eigenvalue weighted by Crippen LogP contribution is -2.57. The maximum Gasteiger partial charge on any atom is 0.166 e. The van der Waals surface area contributed by atoms with Crippen LogP contribution in [0.4, 0.5) is 0 Å². The zero-order chi connectivity index (χ0) is 13.9. The first kappa shape index (κ1) is 15.6. The van der Waals surface area contributed by atoms with Crippen molar-refractivity contribution in [3.8, 4) is 0 Å². The molecule has 5 nitrogen and oxygen atoms in total. The Labute approximate surface area is 120 Å². The molecule has 0 radical (unpaired) electrons. The highest BCUT2D eigenvalue weighted by Crippen LogP contribution is 2.28. The molecular formula is C12H24N2O3S2. The summed E-state index contributed by atoms with van der Waals surface area (Å²) >= 11 is 1.73. The number of sulfone groups is 1. The van der Waals surface area contributed by atoms with E-state index in [4.69, 9.17) is 10.5 Å². The fourth-order valence-electron chi connectivity index (χ4n) is 2.93. The summed E-state index contributed by atoms with van der Waals surface area (Å²) in [5, 5.41) is -0.370. The average molecular weight is 308 g/mol. The van der Waals surface area contributed by atoms with Crippen LogP contribution in [0.2, 0.25) is 0 Å². The lowest BCUT2D eigenvalue weighted by atomic mass is 9.97. The normalized spacial score (nSPS) is 31.5. The minimum atomic E-state index is -3.05. The Kier molecular flexibility index (Phi) is 5.54. The lowest BCUT2D eigenvalue weighted by Gasteiger charge is -2.42. The van der Waals surface area contributed by atoms with Gasteiger partial charge in [0.1, 0.15) is 5.37 Å². The van der Waals surface area contributed by atoms with Gasteiger partial charge < -0.3 is 10.5 Å². The standard InChI is InChI=1S/C12H24N2O3S2/c1-2-19(15,16)12-9-18-6-4-14(12)11(7-13)10-3-5-17-8-10/h10-12H,2-9,13H2,1H3. The largest absolute Gasteiger partial charge is 0.381 e. The van der Waals surface area contributed by atoms with Crippen LogP contribution in [0, 0.1) is 5.92 Å². The maximum absolute atomic E-state index is 12.3. The van der Waals surface area contributed by atoms with E-state index in [2.05, 4.69) is 4.90 Å². The van der Waals surface area contributed by atoms with Gasteiger partial charge in [-0.05, 0) is 6.42 Å². The Bertz CT molecular complexity index is 382. The van der Waals surface area contributed by atoms with Gasteiger partial charge in [-0.15, -0.1) is 0 Å². The van der Waals surface area contributed by atoms with Gasteiger partial charge in [0.15, 0.2) is 9.84 Å². The summed E-state index contributed by atoms with van der Waals surface area (Å²) in [4.78, 5) is 2.13. The molecule has 3 atom stereocenters. The van der Waals surface area contributed by atoms with Crippen LogP contribution in [-0.2, 0) is 14.6 Å². The molecule has 2 rings (SSSR count). The molecule has 0 bridgehead atoms. The second kappa shape index (κ2) is 6.76.